The molecular formula is C22H27F3N4O3S. The lowest BCUT2D eigenvalue weighted by Crippen LogP contribution is -2.40. The van der Waals surface area contributed by atoms with Crippen molar-refractivity contribution in [2.75, 3.05) is 30.4 Å². The molecule has 1 saturated carbocycles. The highest BCUT2D eigenvalue weighted by Crippen LogP contribution is 2.37. The minimum absolute atomic E-state index is 0.00948. The minimum Gasteiger partial charge on any atom is -0.380 e. The molecule has 1 aliphatic carbocycles. The van der Waals surface area contributed by atoms with E-state index in [-0.39, 0.29) is 28.0 Å². The van der Waals surface area contributed by atoms with Crippen molar-refractivity contribution in [1.29, 1.82) is 0 Å². The third-order valence-corrected chi connectivity index (χ3v) is 8.61. The zero-order valence-corrected chi connectivity index (χ0v) is 19.3. The average Bonchev–Trinajstić information content (AvgIpc) is 2.72. The lowest BCUT2D eigenvalue weighted by atomic mass is 10.00. The molecule has 0 amide bonds. The van der Waals surface area contributed by atoms with Gasteiger partial charge in [-0.1, -0.05) is 6.42 Å². The van der Waals surface area contributed by atoms with Gasteiger partial charge in [-0.3, -0.25) is 0 Å². The number of benzene rings is 1. The quantitative estimate of drug-likeness (QED) is 0.647. The number of hydrogen-bond acceptors (Lipinski definition) is 7. The van der Waals surface area contributed by atoms with Crippen LogP contribution in [0.1, 0.15) is 43.2 Å². The van der Waals surface area contributed by atoms with Crippen LogP contribution in [-0.2, 0) is 20.8 Å². The van der Waals surface area contributed by atoms with Crippen LogP contribution in [0.5, 0.6) is 0 Å². The molecule has 180 valence electrons. The van der Waals surface area contributed by atoms with Crippen molar-refractivity contribution in [3.63, 3.8) is 0 Å². The first kappa shape index (κ1) is 23.7. The molecule has 1 aliphatic heterocycles. The molecule has 1 aromatic carbocycles. The summed E-state index contributed by atoms with van der Waals surface area (Å²) in [5.41, 5.74) is 0.267. The summed E-state index contributed by atoms with van der Waals surface area (Å²) >= 11 is 0. The standard InChI is InChI=1S/C22H27F3N4O3S/c1-14-11-17(33(30,31)16-6-3-7-16)8-9-19(14)27-21-26-12-18(22(23,24)25)20(28-21)29-10-4-5-15(13-29)32-2/h8-9,11-12,15-16H,3-7,10,13H2,1-2H3,(H,26,27,28). The molecular weight excluding hydrogens is 457 g/mol. The van der Waals surface area contributed by atoms with Gasteiger partial charge in [-0.05, 0) is 56.4 Å². The lowest BCUT2D eigenvalue weighted by Gasteiger charge is -2.34. The first-order valence-corrected chi connectivity index (χ1v) is 12.5. The molecule has 2 aromatic rings. The van der Waals surface area contributed by atoms with E-state index in [4.69, 9.17) is 4.74 Å². The summed E-state index contributed by atoms with van der Waals surface area (Å²) in [5, 5.41) is 2.61. The number of rotatable bonds is 6. The van der Waals surface area contributed by atoms with Gasteiger partial charge < -0.3 is 15.0 Å². The Labute approximate surface area is 191 Å². The van der Waals surface area contributed by atoms with Crippen LogP contribution in [0.25, 0.3) is 0 Å². The molecule has 0 spiro atoms. The molecule has 1 unspecified atom stereocenters. The Morgan fingerprint density at radius 3 is 2.55 bits per heavy atom. The number of sulfone groups is 1. The fraction of sp³-hybridized carbons (Fsp3) is 0.545. The Bertz CT molecular complexity index is 1120. The van der Waals surface area contributed by atoms with Crippen molar-refractivity contribution in [3.05, 3.63) is 35.5 Å². The van der Waals surface area contributed by atoms with Gasteiger partial charge in [-0.15, -0.1) is 0 Å². The Balaban J connectivity index is 1.62. The van der Waals surface area contributed by atoms with Gasteiger partial charge in [0.1, 0.15) is 11.4 Å². The number of aromatic nitrogens is 2. The van der Waals surface area contributed by atoms with Crippen molar-refractivity contribution >= 4 is 27.3 Å². The van der Waals surface area contributed by atoms with Crippen LogP contribution >= 0.6 is 0 Å². The van der Waals surface area contributed by atoms with Gasteiger partial charge in [-0.2, -0.15) is 18.2 Å². The second-order valence-corrected chi connectivity index (χ2v) is 10.8. The van der Waals surface area contributed by atoms with Crippen LogP contribution in [0.15, 0.2) is 29.3 Å². The number of halogens is 3. The van der Waals surface area contributed by atoms with Gasteiger partial charge in [0.2, 0.25) is 5.95 Å². The summed E-state index contributed by atoms with van der Waals surface area (Å²) < 4.78 is 71.6. The summed E-state index contributed by atoms with van der Waals surface area (Å²) in [7, 11) is -1.82. The zero-order valence-electron chi connectivity index (χ0n) is 18.5. The van der Waals surface area contributed by atoms with E-state index in [0.717, 1.165) is 19.0 Å². The van der Waals surface area contributed by atoms with Gasteiger partial charge in [0.05, 0.1) is 16.2 Å². The van der Waals surface area contributed by atoms with Crippen molar-refractivity contribution in [2.45, 2.75) is 61.5 Å². The Kier molecular flexibility index (Phi) is 6.54. The van der Waals surface area contributed by atoms with Crippen LogP contribution in [0, 0.1) is 6.92 Å². The summed E-state index contributed by atoms with van der Waals surface area (Å²) in [5.74, 6) is -0.182. The summed E-state index contributed by atoms with van der Waals surface area (Å²) in [6.07, 6.45) is -0.253. The molecule has 11 heteroatoms. The van der Waals surface area contributed by atoms with Crippen LogP contribution in [0.4, 0.5) is 30.6 Å². The van der Waals surface area contributed by atoms with E-state index >= 15 is 0 Å². The number of piperidine rings is 1. The van der Waals surface area contributed by atoms with Gasteiger partial charge in [0, 0.05) is 32.1 Å². The smallest absolute Gasteiger partial charge is 0.380 e. The van der Waals surface area contributed by atoms with E-state index < -0.39 is 21.6 Å². The molecule has 0 radical (unpaired) electrons. The number of aryl methyl sites for hydroxylation is 1. The third kappa shape index (κ3) is 4.93. The molecule has 1 atom stereocenters. The largest absolute Gasteiger partial charge is 0.421 e. The molecule has 1 N–H and O–H groups in total. The molecule has 4 rings (SSSR count). The number of anilines is 3. The van der Waals surface area contributed by atoms with Crippen molar-refractivity contribution < 1.29 is 26.3 Å². The molecule has 1 saturated heterocycles. The molecule has 7 nitrogen and oxygen atoms in total. The maximum atomic E-state index is 13.6. The molecule has 2 fully saturated rings. The second-order valence-electron chi connectivity index (χ2n) is 8.57. The van der Waals surface area contributed by atoms with Gasteiger partial charge in [-0.25, -0.2) is 13.4 Å². The number of ether oxygens (including phenoxy) is 1. The van der Waals surface area contributed by atoms with E-state index in [1.807, 2.05) is 0 Å². The highest BCUT2D eigenvalue weighted by Gasteiger charge is 2.38. The van der Waals surface area contributed by atoms with Crippen molar-refractivity contribution in [2.24, 2.45) is 0 Å². The molecule has 1 aromatic heterocycles. The maximum absolute atomic E-state index is 13.6. The van der Waals surface area contributed by atoms with E-state index in [2.05, 4.69) is 15.3 Å². The van der Waals surface area contributed by atoms with E-state index in [0.29, 0.717) is 43.6 Å². The molecule has 2 heterocycles. The second kappa shape index (κ2) is 9.09. The van der Waals surface area contributed by atoms with E-state index in [9.17, 15) is 21.6 Å². The number of hydrogen-bond donors (Lipinski definition) is 1. The summed E-state index contributed by atoms with van der Waals surface area (Å²) in [6, 6.07) is 4.69. The molecule has 0 bridgehead atoms. The fourth-order valence-corrected chi connectivity index (χ4v) is 6.08. The molecule has 33 heavy (non-hydrogen) atoms. The van der Waals surface area contributed by atoms with Gasteiger partial charge in [0.25, 0.3) is 0 Å². The Morgan fingerprint density at radius 1 is 1.18 bits per heavy atom. The predicted octanol–water partition coefficient (Wildman–Crippen LogP) is 4.49. The summed E-state index contributed by atoms with van der Waals surface area (Å²) in [6.45, 7) is 2.48. The Morgan fingerprint density at radius 2 is 1.94 bits per heavy atom. The van der Waals surface area contributed by atoms with Crippen LogP contribution in [0.2, 0.25) is 0 Å². The predicted molar refractivity (Wildman–Crippen MR) is 119 cm³/mol. The van der Waals surface area contributed by atoms with E-state index in [1.165, 1.54) is 6.07 Å². The van der Waals surface area contributed by atoms with Gasteiger partial charge >= 0.3 is 6.18 Å². The average molecular weight is 485 g/mol. The third-order valence-electron chi connectivity index (χ3n) is 6.35. The van der Waals surface area contributed by atoms with Crippen LogP contribution in [-0.4, -0.2) is 49.9 Å². The lowest BCUT2D eigenvalue weighted by molar-refractivity contribution is -0.137. The Hall–Kier alpha value is -2.40. The number of nitrogens with one attached hydrogen (secondary N) is 1. The number of alkyl halides is 3. The number of nitrogens with zero attached hydrogens (tertiary/aromatic N) is 3. The minimum atomic E-state index is -4.60. The maximum Gasteiger partial charge on any atom is 0.421 e. The van der Waals surface area contributed by atoms with Crippen molar-refractivity contribution in [1.82, 2.24) is 9.97 Å². The topological polar surface area (TPSA) is 84.4 Å². The monoisotopic (exact) mass is 484 g/mol. The summed E-state index contributed by atoms with van der Waals surface area (Å²) in [4.78, 5) is 9.91. The SMILES string of the molecule is COC1CCCN(c2nc(Nc3ccc(S(=O)(=O)C4CCC4)cc3C)ncc2C(F)(F)F)C1. The zero-order chi connectivity index (χ0) is 23.8. The first-order valence-electron chi connectivity index (χ1n) is 10.9. The molecule has 2 aliphatic rings. The van der Waals surface area contributed by atoms with E-state index in [1.54, 1.807) is 31.1 Å². The van der Waals surface area contributed by atoms with Gasteiger partial charge in [0.15, 0.2) is 9.84 Å². The number of methoxy groups -OCH3 is 1. The fourth-order valence-electron chi connectivity index (χ4n) is 4.14. The first-order chi connectivity index (χ1) is 15.6. The normalized spacial score (nSPS) is 19.9. The highest BCUT2D eigenvalue weighted by atomic mass is 32.2. The van der Waals surface area contributed by atoms with Crippen molar-refractivity contribution in [3.8, 4) is 0 Å². The van der Waals surface area contributed by atoms with Crippen LogP contribution in [0.3, 0.4) is 0 Å². The van der Waals surface area contributed by atoms with Crippen LogP contribution < -0.4 is 10.2 Å². The highest BCUT2D eigenvalue weighted by molar-refractivity contribution is 7.92.